The van der Waals surface area contributed by atoms with Gasteiger partial charge in [0.05, 0.1) is 12.0 Å². The Bertz CT molecular complexity index is 934. The van der Waals surface area contributed by atoms with E-state index in [1.54, 1.807) is 29.6 Å². The zero-order valence-corrected chi connectivity index (χ0v) is 16.7. The van der Waals surface area contributed by atoms with E-state index in [0.29, 0.717) is 29.8 Å². The summed E-state index contributed by atoms with van der Waals surface area (Å²) in [6.45, 7) is 4.48. The van der Waals surface area contributed by atoms with Crippen LogP contribution in [0.3, 0.4) is 0 Å². The number of piperazine rings is 1. The summed E-state index contributed by atoms with van der Waals surface area (Å²) >= 11 is 0. The molecule has 0 spiro atoms. The first-order chi connectivity index (χ1) is 13.0. The maximum Gasteiger partial charge on any atom is 0.243 e. The molecule has 0 aromatic heterocycles. The van der Waals surface area contributed by atoms with Gasteiger partial charge < -0.3 is 4.74 Å². The third-order valence-electron chi connectivity index (χ3n) is 5.82. The maximum atomic E-state index is 13.0. The molecule has 1 aliphatic carbocycles. The molecule has 1 saturated heterocycles. The molecular weight excluding hydrogens is 360 g/mol. The second-order valence-electron chi connectivity index (χ2n) is 7.32. The molecule has 144 valence electrons. The predicted octanol–water partition coefficient (Wildman–Crippen LogP) is 3.00. The Kier molecular flexibility index (Phi) is 4.97. The summed E-state index contributed by atoms with van der Waals surface area (Å²) in [5.41, 5.74) is 3.69. The van der Waals surface area contributed by atoms with Crippen molar-refractivity contribution in [3.8, 4) is 5.75 Å². The fourth-order valence-electron chi connectivity index (χ4n) is 4.33. The molecule has 1 atom stereocenters. The number of benzene rings is 2. The number of fused-ring (bicyclic) bond motifs is 1. The Labute approximate surface area is 161 Å². The fraction of sp³-hybridized carbons (Fsp3) is 0.429. The number of nitrogens with zero attached hydrogens (tertiary/aromatic N) is 2. The highest BCUT2D eigenvalue weighted by molar-refractivity contribution is 7.89. The Morgan fingerprint density at radius 1 is 1.04 bits per heavy atom. The zero-order chi connectivity index (χ0) is 19.0. The fourth-order valence-corrected chi connectivity index (χ4v) is 5.84. The van der Waals surface area contributed by atoms with Crippen molar-refractivity contribution in [3.05, 3.63) is 59.2 Å². The van der Waals surface area contributed by atoms with Crippen molar-refractivity contribution in [1.82, 2.24) is 9.21 Å². The molecule has 2 aromatic rings. The van der Waals surface area contributed by atoms with Crippen molar-refractivity contribution in [3.63, 3.8) is 0 Å². The molecule has 1 fully saturated rings. The number of aryl methyl sites for hydroxylation is 2. The van der Waals surface area contributed by atoms with Crippen LogP contribution in [0.1, 0.15) is 29.2 Å². The number of hydrogen-bond donors (Lipinski definition) is 0. The minimum absolute atomic E-state index is 0.348. The van der Waals surface area contributed by atoms with Gasteiger partial charge in [0, 0.05) is 32.2 Å². The van der Waals surface area contributed by atoms with Gasteiger partial charge in [-0.15, -0.1) is 0 Å². The summed E-state index contributed by atoms with van der Waals surface area (Å²) in [6, 6.07) is 14.1. The smallest absolute Gasteiger partial charge is 0.243 e. The van der Waals surface area contributed by atoms with Gasteiger partial charge in [0.25, 0.3) is 0 Å². The Hall–Kier alpha value is -1.89. The molecule has 1 aliphatic heterocycles. The molecule has 2 aliphatic rings. The number of hydrogen-bond acceptors (Lipinski definition) is 4. The summed E-state index contributed by atoms with van der Waals surface area (Å²) in [7, 11) is -1.87. The Morgan fingerprint density at radius 2 is 1.78 bits per heavy atom. The van der Waals surface area contributed by atoms with Gasteiger partial charge in [0.2, 0.25) is 10.0 Å². The van der Waals surface area contributed by atoms with E-state index in [4.69, 9.17) is 4.74 Å². The molecule has 27 heavy (non-hydrogen) atoms. The third kappa shape index (κ3) is 3.37. The summed E-state index contributed by atoms with van der Waals surface area (Å²) in [6.07, 6.45) is 2.24. The van der Waals surface area contributed by atoms with Crippen molar-refractivity contribution < 1.29 is 13.2 Å². The highest BCUT2D eigenvalue weighted by Gasteiger charge is 2.34. The van der Waals surface area contributed by atoms with E-state index in [1.807, 2.05) is 6.92 Å². The van der Waals surface area contributed by atoms with Crippen LogP contribution in [0, 0.1) is 6.92 Å². The van der Waals surface area contributed by atoms with Crippen molar-refractivity contribution >= 4 is 10.0 Å². The molecule has 0 amide bonds. The molecule has 0 N–H and O–H groups in total. The topological polar surface area (TPSA) is 49.9 Å². The van der Waals surface area contributed by atoms with Gasteiger partial charge in [-0.1, -0.05) is 24.3 Å². The van der Waals surface area contributed by atoms with Crippen molar-refractivity contribution in [2.24, 2.45) is 0 Å². The summed E-state index contributed by atoms with van der Waals surface area (Å²) in [5.74, 6) is 0.707. The number of sulfonamides is 1. The second-order valence-corrected chi connectivity index (χ2v) is 9.26. The van der Waals surface area contributed by atoms with Crippen LogP contribution >= 0.6 is 0 Å². The van der Waals surface area contributed by atoms with Crippen LogP contribution in [0.2, 0.25) is 0 Å². The maximum absolute atomic E-state index is 13.0. The SMILES string of the molecule is COc1ccc(S(=O)(=O)N2CCN(C3CCc4ccccc43)CC2)cc1C. The molecule has 0 saturated carbocycles. The molecule has 0 bridgehead atoms. The van der Waals surface area contributed by atoms with E-state index in [2.05, 4.69) is 29.2 Å². The summed E-state index contributed by atoms with van der Waals surface area (Å²) in [4.78, 5) is 2.79. The van der Waals surface area contributed by atoms with Gasteiger partial charge in [-0.3, -0.25) is 4.90 Å². The van der Waals surface area contributed by atoms with E-state index in [0.717, 1.165) is 31.5 Å². The minimum Gasteiger partial charge on any atom is -0.496 e. The summed E-state index contributed by atoms with van der Waals surface area (Å²) in [5, 5.41) is 0. The van der Waals surface area contributed by atoms with Crippen molar-refractivity contribution in [2.45, 2.75) is 30.7 Å². The van der Waals surface area contributed by atoms with Gasteiger partial charge in [0.15, 0.2) is 0 Å². The van der Waals surface area contributed by atoms with E-state index >= 15 is 0 Å². The molecule has 5 nitrogen and oxygen atoms in total. The van der Waals surface area contributed by atoms with Gasteiger partial charge in [0.1, 0.15) is 5.75 Å². The largest absolute Gasteiger partial charge is 0.496 e. The van der Waals surface area contributed by atoms with Crippen LogP contribution in [-0.4, -0.2) is 50.9 Å². The molecule has 1 heterocycles. The molecule has 4 rings (SSSR count). The monoisotopic (exact) mass is 386 g/mol. The van der Waals surface area contributed by atoms with Crippen LogP contribution in [0.4, 0.5) is 0 Å². The highest BCUT2D eigenvalue weighted by Crippen LogP contribution is 2.36. The van der Waals surface area contributed by atoms with Crippen LogP contribution in [0.25, 0.3) is 0 Å². The lowest BCUT2D eigenvalue weighted by Gasteiger charge is -2.37. The van der Waals surface area contributed by atoms with E-state index in [-0.39, 0.29) is 0 Å². The minimum atomic E-state index is -3.47. The van der Waals surface area contributed by atoms with Gasteiger partial charge in [-0.25, -0.2) is 8.42 Å². The van der Waals surface area contributed by atoms with Crippen molar-refractivity contribution in [1.29, 1.82) is 0 Å². The lowest BCUT2D eigenvalue weighted by Crippen LogP contribution is -2.49. The average Bonchev–Trinajstić information content (AvgIpc) is 3.12. The van der Waals surface area contributed by atoms with Crippen molar-refractivity contribution in [2.75, 3.05) is 33.3 Å². The highest BCUT2D eigenvalue weighted by atomic mass is 32.2. The molecule has 1 unspecified atom stereocenters. The van der Waals surface area contributed by atoms with Crippen LogP contribution in [-0.2, 0) is 16.4 Å². The lowest BCUT2D eigenvalue weighted by atomic mass is 10.1. The lowest BCUT2D eigenvalue weighted by molar-refractivity contribution is 0.137. The number of rotatable bonds is 4. The van der Waals surface area contributed by atoms with Gasteiger partial charge in [-0.2, -0.15) is 4.31 Å². The van der Waals surface area contributed by atoms with E-state index < -0.39 is 10.0 Å². The van der Waals surface area contributed by atoms with Crippen LogP contribution in [0.15, 0.2) is 47.4 Å². The molecule has 0 radical (unpaired) electrons. The van der Waals surface area contributed by atoms with Crippen LogP contribution in [0.5, 0.6) is 5.75 Å². The quantitative estimate of drug-likeness (QED) is 0.811. The van der Waals surface area contributed by atoms with Gasteiger partial charge in [-0.05, 0) is 54.7 Å². The first kappa shape index (κ1) is 18.5. The average molecular weight is 387 g/mol. The first-order valence-corrected chi connectivity index (χ1v) is 10.9. The Morgan fingerprint density at radius 3 is 2.48 bits per heavy atom. The van der Waals surface area contributed by atoms with Gasteiger partial charge >= 0.3 is 0 Å². The number of ether oxygens (including phenoxy) is 1. The predicted molar refractivity (Wildman–Crippen MR) is 106 cm³/mol. The first-order valence-electron chi connectivity index (χ1n) is 9.47. The normalized spacial score (nSPS) is 21.2. The molecule has 2 aromatic carbocycles. The van der Waals surface area contributed by atoms with Crippen LogP contribution < -0.4 is 4.74 Å². The van der Waals surface area contributed by atoms with E-state index in [9.17, 15) is 8.42 Å². The zero-order valence-electron chi connectivity index (χ0n) is 15.9. The third-order valence-corrected chi connectivity index (χ3v) is 7.71. The van der Waals surface area contributed by atoms with E-state index in [1.165, 1.54) is 11.1 Å². The molecular formula is C21H26N2O3S. The Balaban J connectivity index is 1.47. The summed E-state index contributed by atoms with van der Waals surface area (Å²) < 4.78 is 32.9. The second kappa shape index (κ2) is 7.26. The standard InChI is InChI=1S/C21H26N2O3S/c1-16-15-18(8-10-21(16)26-2)27(24,25)23-13-11-22(12-14-23)20-9-7-17-5-3-4-6-19(17)20/h3-6,8,10,15,20H,7,9,11-14H2,1-2H3. The number of methoxy groups -OCH3 is 1. The molecule has 6 heteroatoms.